The molecule has 0 aliphatic carbocycles. The third-order valence-corrected chi connectivity index (χ3v) is 7.46. The summed E-state index contributed by atoms with van der Waals surface area (Å²) in [5, 5.41) is 3.55. The molecule has 1 atom stereocenters. The molecule has 2 aromatic carbocycles. The molecule has 0 aromatic heterocycles. The van der Waals surface area contributed by atoms with Gasteiger partial charge in [0.1, 0.15) is 11.8 Å². The molecular formula is C27H37Cl2N3O5S. The number of hydrogen-bond donors (Lipinski definition) is 1. The van der Waals surface area contributed by atoms with Gasteiger partial charge in [-0.2, -0.15) is 0 Å². The van der Waals surface area contributed by atoms with Crippen LogP contribution >= 0.6 is 23.2 Å². The first-order valence-corrected chi connectivity index (χ1v) is 14.9. The highest BCUT2D eigenvalue weighted by atomic mass is 35.5. The van der Waals surface area contributed by atoms with Crippen LogP contribution in [0.1, 0.15) is 52.5 Å². The molecule has 8 nitrogen and oxygen atoms in total. The Morgan fingerprint density at radius 1 is 1.08 bits per heavy atom. The lowest BCUT2D eigenvalue weighted by Crippen LogP contribution is -2.53. The fraction of sp³-hybridized carbons (Fsp3) is 0.481. The summed E-state index contributed by atoms with van der Waals surface area (Å²) in [6, 6.07) is 11.2. The van der Waals surface area contributed by atoms with Crippen LogP contribution in [0, 0.1) is 0 Å². The molecule has 2 amide bonds. The van der Waals surface area contributed by atoms with E-state index in [2.05, 4.69) is 5.32 Å². The zero-order valence-electron chi connectivity index (χ0n) is 22.8. The van der Waals surface area contributed by atoms with Crippen molar-refractivity contribution >= 4 is 50.7 Å². The Bertz CT molecular complexity index is 1210. The predicted octanol–water partition coefficient (Wildman–Crippen LogP) is 5.27. The SMILES string of the molecule is CCC(C(=O)NC(C)(C)C)N(Cc1ccc(OC)cc1)C(=O)CCCN(c1cc(Cl)ccc1Cl)S(C)(=O)=O. The van der Waals surface area contributed by atoms with Gasteiger partial charge in [-0.25, -0.2) is 8.42 Å². The van der Waals surface area contributed by atoms with Crippen LogP contribution in [0.4, 0.5) is 5.69 Å². The van der Waals surface area contributed by atoms with Gasteiger partial charge in [0.05, 0.1) is 24.1 Å². The minimum Gasteiger partial charge on any atom is -0.497 e. The number of nitrogens with zero attached hydrogens (tertiary/aromatic N) is 2. The minimum absolute atomic E-state index is 0.0198. The maximum atomic E-state index is 13.5. The lowest BCUT2D eigenvalue weighted by atomic mass is 10.0. The van der Waals surface area contributed by atoms with Gasteiger partial charge in [0.15, 0.2) is 0 Å². The van der Waals surface area contributed by atoms with Gasteiger partial charge in [-0.1, -0.05) is 42.3 Å². The second-order valence-corrected chi connectivity index (χ2v) is 12.8. The molecule has 0 radical (unpaired) electrons. The van der Waals surface area contributed by atoms with E-state index in [0.29, 0.717) is 17.2 Å². The van der Waals surface area contributed by atoms with Crippen molar-refractivity contribution in [1.29, 1.82) is 0 Å². The number of methoxy groups -OCH3 is 1. The molecule has 0 heterocycles. The number of rotatable bonds is 12. The summed E-state index contributed by atoms with van der Waals surface area (Å²) in [5.74, 6) is 0.178. The highest BCUT2D eigenvalue weighted by Gasteiger charge is 2.31. The van der Waals surface area contributed by atoms with Crippen LogP contribution in [0.2, 0.25) is 10.0 Å². The number of nitrogens with one attached hydrogen (secondary N) is 1. The number of amides is 2. The molecule has 38 heavy (non-hydrogen) atoms. The summed E-state index contributed by atoms with van der Waals surface area (Å²) in [7, 11) is -2.12. The lowest BCUT2D eigenvalue weighted by molar-refractivity contribution is -0.142. The maximum absolute atomic E-state index is 13.5. The Kier molecular flexibility index (Phi) is 11.3. The average Bonchev–Trinajstić information content (AvgIpc) is 2.81. The molecule has 1 N–H and O–H groups in total. The summed E-state index contributed by atoms with van der Waals surface area (Å²) in [4.78, 5) is 28.2. The molecule has 0 saturated carbocycles. The van der Waals surface area contributed by atoms with Gasteiger partial charge >= 0.3 is 0 Å². The Hall–Kier alpha value is -2.49. The summed E-state index contributed by atoms with van der Waals surface area (Å²) >= 11 is 12.3. The number of hydrogen-bond acceptors (Lipinski definition) is 5. The third-order valence-electron chi connectivity index (χ3n) is 5.73. The van der Waals surface area contributed by atoms with Crippen molar-refractivity contribution in [2.24, 2.45) is 0 Å². The number of carbonyl (C=O) groups is 2. The molecule has 0 saturated heterocycles. The first-order valence-electron chi connectivity index (χ1n) is 12.3. The first kappa shape index (κ1) is 31.7. The monoisotopic (exact) mass is 585 g/mol. The van der Waals surface area contributed by atoms with Crippen LogP contribution in [0.5, 0.6) is 5.75 Å². The Balaban J connectivity index is 2.28. The van der Waals surface area contributed by atoms with Crippen LogP contribution in [0.25, 0.3) is 0 Å². The zero-order chi connectivity index (χ0) is 28.7. The number of halogens is 2. The normalized spacial score (nSPS) is 12.5. The fourth-order valence-electron chi connectivity index (χ4n) is 3.96. The van der Waals surface area contributed by atoms with Crippen molar-refractivity contribution < 1.29 is 22.7 Å². The van der Waals surface area contributed by atoms with Gasteiger partial charge < -0.3 is 15.0 Å². The summed E-state index contributed by atoms with van der Waals surface area (Å²) in [6.07, 6.45) is 1.73. The van der Waals surface area contributed by atoms with E-state index in [4.69, 9.17) is 27.9 Å². The molecule has 0 bridgehead atoms. The van der Waals surface area contributed by atoms with Gasteiger partial charge in [0.2, 0.25) is 21.8 Å². The molecule has 2 rings (SSSR count). The van der Waals surface area contributed by atoms with E-state index in [1.165, 1.54) is 12.1 Å². The molecule has 0 aliphatic rings. The third kappa shape index (κ3) is 9.36. The molecule has 0 spiro atoms. The van der Waals surface area contributed by atoms with Crippen molar-refractivity contribution in [2.45, 2.75) is 65.1 Å². The average molecular weight is 587 g/mol. The van der Waals surface area contributed by atoms with E-state index >= 15 is 0 Å². The number of ether oxygens (including phenoxy) is 1. The summed E-state index contributed by atoms with van der Waals surface area (Å²) < 4.78 is 31.4. The second-order valence-electron chi connectivity index (χ2n) is 10.1. The molecular weight excluding hydrogens is 549 g/mol. The topological polar surface area (TPSA) is 96.0 Å². The minimum atomic E-state index is -3.70. The van der Waals surface area contributed by atoms with Crippen molar-refractivity contribution in [1.82, 2.24) is 10.2 Å². The molecule has 0 fully saturated rings. The van der Waals surface area contributed by atoms with Crippen LogP contribution < -0.4 is 14.4 Å². The fourth-order valence-corrected chi connectivity index (χ4v) is 5.36. The van der Waals surface area contributed by atoms with E-state index in [-0.39, 0.29) is 48.5 Å². The second kappa shape index (κ2) is 13.5. The van der Waals surface area contributed by atoms with Crippen molar-refractivity contribution in [3.63, 3.8) is 0 Å². The van der Waals surface area contributed by atoms with Gasteiger partial charge in [-0.05, 0) is 69.5 Å². The van der Waals surface area contributed by atoms with Crippen LogP contribution in [-0.2, 0) is 26.2 Å². The predicted molar refractivity (Wildman–Crippen MR) is 153 cm³/mol. The smallest absolute Gasteiger partial charge is 0.243 e. The van der Waals surface area contributed by atoms with E-state index in [1.807, 2.05) is 39.8 Å². The van der Waals surface area contributed by atoms with Gasteiger partial charge in [0.25, 0.3) is 0 Å². The van der Waals surface area contributed by atoms with E-state index in [0.717, 1.165) is 16.1 Å². The highest BCUT2D eigenvalue weighted by molar-refractivity contribution is 7.92. The van der Waals surface area contributed by atoms with Crippen LogP contribution in [0.3, 0.4) is 0 Å². The summed E-state index contributed by atoms with van der Waals surface area (Å²) in [6.45, 7) is 7.74. The number of anilines is 1. The Morgan fingerprint density at radius 2 is 1.71 bits per heavy atom. The number of benzene rings is 2. The van der Waals surface area contributed by atoms with Crippen LogP contribution in [-0.4, -0.2) is 56.6 Å². The number of sulfonamides is 1. The molecule has 0 aliphatic heterocycles. The van der Waals surface area contributed by atoms with Gasteiger partial charge in [0, 0.05) is 30.1 Å². The Labute approximate surface area is 236 Å². The number of carbonyl (C=O) groups excluding carboxylic acids is 2. The van der Waals surface area contributed by atoms with Gasteiger partial charge in [-0.15, -0.1) is 0 Å². The van der Waals surface area contributed by atoms with Crippen LogP contribution in [0.15, 0.2) is 42.5 Å². The van der Waals surface area contributed by atoms with E-state index in [9.17, 15) is 18.0 Å². The lowest BCUT2D eigenvalue weighted by Gasteiger charge is -2.33. The molecule has 2 aromatic rings. The zero-order valence-corrected chi connectivity index (χ0v) is 25.1. The van der Waals surface area contributed by atoms with Crippen molar-refractivity contribution in [3.8, 4) is 5.75 Å². The molecule has 1 unspecified atom stereocenters. The standard InChI is InChI=1S/C27H37Cl2N3O5S/c1-7-23(26(34)30-27(2,3)4)31(18-19-10-13-21(37-5)14-11-19)25(33)9-8-16-32(38(6,35)36)24-17-20(28)12-15-22(24)29/h10-15,17,23H,7-9,16,18H2,1-6H3,(H,30,34). The van der Waals surface area contributed by atoms with Gasteiger partial charge in [-0.3, -0.25) is 13.9 Å². The molecule has 210 valence electrons. The first-order chi connectivity index (χ1) is 17.7. The quantitative estimate of drug-likeness (QED) is 0.366. The molecule has 11 heteroatoms. The van der Waals surface area contributed by atoms with Crippen molar-refractivity contribution in [2.75, 3.05) is 24.2 Å². The van der Waals surface area contributed by atoms with E-state index < -0.39 is 21.6 Å². The van der Waals surface area contributed by atoms with E-state index in [1.54, 1.807) is 30.2 Å². The summed E-state index contributed by atoms with van der Waals surface area (Å²) in [5.41, 5.74) is 0.621. The largest absolute Gasteiger partial charge is 0.497 e. The Morgan fingerprint density at radius 3 is 2.24 bits per heavy atom. The maximum Gasteiger partial charge on any atom is 0.243 e. The van der Waals surface area contributed by atoms with Crippen molar-refractivity contribution in [3.05, 3.63) is 58.1 Å². The highest BCUT2D eigenvalue weighted by Crippen LogP contribution is 2.31.